The van der Waals surface area contributed by atoms with Crippen LogP contribution in [-0.4, -0.2) is 21.6 Å². The number of rotatable bonds is 6. The number of hydrogen-bond acceptors (Lipinski definition) is 3. The van der Waals surface area contributed by atoms with Gasteiger partial charge in [0.25, 0.3) is 5.91 Å². The molecule has 0 spiro atoms. The molecule has 142 valence electrons. The normalized spacial score (nSPS) is 13.2. The minimum Gasteiger partial charge on any atom is -0.321 e. The number of hydrogen-bond donors (Lipinski definition) is 2. The van der Waals surface area contributed by atoms with Gasteiger partial charge in [0.2, 0.25) is 5.91 Å². The van der Waals surface area contributed by atoms with Crippen molar-refractivity contribution in [3.05, 3.63) is 71.9 Å². The molecule has 1 aliphatic carbocycles. The third kappa shape index (κ3) is 3.96. The van der Waals surface area contributed by atoms with Crippen molar-refractivity contribution in [2.75, 3.05) is 10.6 Å². The Hall–Kier alpha value is -3.41. The standard InChI is InChI=1S/C22H22N4O2/c1-2-15-8-12-17(13-9-15)23-22(28)19-14-20(24-21(27)16-10-11-16)26(25-19)18-6-4-3-5-7-18/h3-9,12-14,16H,2,10-11H2,1H3,(H,23,28)(H,24,27). The van der Waals surface area contributed by atoms with Crippen LogP contribution < -0.4 is 10.6 Å². The van der Waals surface area contributed by atoms with Gasteiger partial charge in [0.1, 0.15) is 5.82 Å². The Morgan fingerprint density at radius 2 is 1.75 bits per heavy atom. The molecule has 0 aliphatic heterocycles. The lowest BCUT2D eigenvalue weighted by atomic mass is 10.1. The number of aryl methyl sites for hydroxylation is 1. The summed E-state index contributed by atoms with van der Waals surface area (Å²) in [7, 11) is 0. The van der Waals surface area contributed by atoms with Gasteiger partial charge in [-0.2, -0.15) is 5.10 Å². The van der Waals surface area contributed by atoms with Gasteiger partial charge in [0.15, 0.2) is 5.69 Å². The van der Waals surface area contributed by atoms with Gasteiger partial charge in [-0.3, -0.25) is 9.59 Å². The molecular weight excluding hydrogens is 352 g/mol. The molecule has 0 radical (unpaired) electrons. The maximum atomic E-state index is 12.7. The lowest BCUT2D eigenvalue weighted by Crippen LogP contribution is -2.16. The Bertz CT molecular complexity index is 989. The van der Waals surface area contributed by atoms with Crippen LogP contribution >= 0.6 is 0 Å². The maximum absolute atomic E-state index is 12.7. The smallest absolute Gasteiger partial charge is 0.276 e. The van der Waals surface area contributed by atoms with Crippen LogP contribution in [0.3, 0.4) is 0 Å². The average Bonchev–Trinajstić information content (AvgIpc) is 3.50. The van der Waals surface area contributed by atoms with Gasteiger partial charge >= 0.3 is 0 Å². The van der Waals surface area contributed by atoms with Crippen molar-refractivity contribution in [1.29, 1.82) is 0 Å². The fourth-order valence-electron chi connectivity index (χ4n) is 2.94. The van der Waals surface area contributed by atoms with Crippen molar-refractivity contribution in [3.63, 3.8) is 0 Å². The molecule has 0 unspecified atom stereocenters. The predicted molar refractivity (Wildman–Crippen MR) is 109 cm³/mol. The summed E-state index contributed by atoms with van der Waals surface area (Å²) in [6.45, 7) is 2.08. The molecule has 1 fully saturated rings. The molecule has 1 saturated carbocycles. The molecule has 1 aliphatic rings. The van der Waals surface area contributed by atoms with E-state index in [-0.39, 0.29) is 23.4 Å². The highest BCUT2D eigenvalue weighted by molar-refractivity contribution is 6.04. The molecule has 6 heteroatoms. The van der Waals surface area contributed by atoms with E-state index in [9.17, 15) is 9.59 Å². The molecule has 4 rings (SSSR count). The quantitative estimate of drug-likeness (QED) is 0.684. The summed E-state index contributed by atoms with van der Waals surface area (Å²) < 4.78 is 1.59. The minimum atomic E-state index is -0.319. The van der Waals surface area contributed by atoms with E-state index >= 15 is 0 Å². The highest BCUT2D eigenvalue weighted by Gasteiger charge is 2.30. The lowest BCUT2D eigenvalue weighted by Gasteiger charge is -2.08. The highest BCUT2D eigenvalue weighted by Crippen LogP contribution is 2.30. The topological polar surface area (TPSA) is 76.0 Å². The Kier molecular flexibility index (Phi) is 4.93. The number of benzene rings is 2. The zero-order valence-electron chi connectivity index (χ0n) is 15.7. The van der Waals surface area contributed by atoms with Crippen molar-refractivity contribution in [3.8, 4) is 5.69 Å². The predicted octanol–water partition coefficient (Wildman–Crippen LogP) is 4.04. The van der Waals surface area contributed by atoms with Crippen LogP contribution in [-0.2, 0) is 11.2 Å². The second-order valence-electron chi connectivity index (χ2n) is 6.93. The molecule has 2 amide bonds. The number of nitrogens with zero attached hydrogens (tertiary/aromatic N) is 2. The Balaban J connectivity index is 1.59. The van der Waals surface area contributed by atoms with Crippen LogP contribution in [0.25, 0.3) is 5.69 Å². The van der Waals surface area contributed by atoms with Crippen molar-refractivity contribution < 1.29 is 9.59 Å². The van der Waals surface area contributed by atoms with E-state index < -0.39 is 0 Å². The van der Waals surface area contributed by atoms with Gasteiger partial charge in [-0.05, 0) is 49.1 Å². The number of carbonyl (C=O) groups is 2. The minimum absolute atomic E-state index is 0.0285. The molecule has 0 saturated heterocycles. The zero-order chi connectivity index (χ0) is 19.5. The van der Waals surface area contributed by atoms with Gasteiger partial charge in [-0.25, -0.2) is 4.68 Å². The summed E-state index contributed by atoms with van der Waals surface area (Å²) in [4.78, 5) is 24.9. The van der Waals surface area contributed by atoms with E-state index in [0.717, 1.165) is 24.9 Å². The fraction of sp³-hybridized carbons (Fsp3) is 0.227. The van der Waals surface area contributed by atoms with Crippen LogP contribution in [0.5, 0.6) is 0 Å². The van der Waals surface area contributed by atoms with Gasteiger partial charge in [0.05, 0.1) is 5.69 Å². The van der Waals surface area contributed by atoms with E-state index in [1.54, 1.807) is 10.7 Å². The van der Waals surface area contributed by atoms with E-state index in [2.05, 4.69) is 22.7 Å². The third-order valence-corrected chi connectivity index (χ3v) is 4.76. The van der Waals surface area contributed by atoms with Crippen molar-refractivity contribution in [1.82, 2.24) is 9.78 Å². The summed E-state index contributed by atoms with van der Waals surface area (Å²) in [5, 5.41) is 10.2. The fourth-order valence-corrected chi connectivity index (χ4v) is 2.94. The molecule has 2 aromatic carbocycles. The summed E-state index contributed by atoms with van der Waals surface area (Å²) >= 11 is 0. The van der Waals surface area contributed by atoms with Crippen LogP contribution in [0.15, 0.2) is 60.7 Å². The molecule has 28 heavy (non-hydrogen) atoms. The van der Waals surface area contributed by atoms with Gasteiger partial charge in [-0.15, -0.1) is 0 Å². The summed E-state index contributed by atoms with van der Waals surface area (Å²) in [5.41, 5.74) is 2.94. The van der Waals surface area contributed by atoms with E-state index in [0.29, 0.717) is 11.5 Å². The summed E-state index contributed by atoms with van der Waals surface area (Å²) in [6, 6.07) is 18.8. The van der Waals surface area contributed by atoms with E-state index in [4.69, 9.17) is 0 Å². The summed E-state index contributed by atoms with van der Waals surface area (Å²) in [6.07, 6.45) is 2.76. The van der Waals surface area contributed by atoms with Crippen molar-refractivity contribution in [2.45, 2.75) is 26.2 Å². The molecule has 6 nitrogen and oxygen atoms in total. The Morgan fingerprint density at radius 3 is 2.39 bits per heavy atom. The monoisotopic (exact) mass is 374 g/mol. The van der Waals surface area contributed by atoms with Crippen molar-refractivity contribution in [2.24, 2.45) is 5.92 Å². The second kappa shape index (κ2) is 7.68. The molecule has 3 aromatic rings. The van der Waals surface area contributed by atoms with Crippen LogP contribution in [0.1, 0.15) is 35.8 Å². The first-order valence-electron chi connectivity index (χ1n) is 9.50. The third-order valence-electron chi connectivity index (χ3n) is 4.76. The van der Waals surface area contributed by atoms with Crippen LogP contribution in [0.2, 0.25) is 0 Å². The SMILES string of the molecule is CCc1ccc(NC(=O)c2cc(NC(=O)C3CC3)n(-c3ccccc3)n2)cc1. The van der Waals surface area contributed by atoms with Gasteiger partial charge in [0, 0.05) is 17.7 Å². The first kappa shape index (κ1) is 18.0. The molecule has 1 heterocycles. The second-order valence-corrected chi connectivity index (χ2v) is 6.93. The number of carbonyl (C=O) groups excluding carboxylic acids is 2. The van der Waals surface area contributed by atoms with E-state index in [1.807, 2.05) is 54.6 Å². The van der Waals surface area contributed by atoms with Crippen LogP contribution in [0, 0.1) is 5.92 Å². The number of nitrogens with one attached hydrogen (secondary N) is 2. The summed E-state index contributed by atoms with van der Waals surface area (Å²) in [5.74, 6) is 0.211. The zero-order valence-corrected chi connectivity index (χ0v) is 15.7. The van der Waals surface area contributed by atoms with Gasteiger partial charge < -0.3 is 10.6 Å². The van der Waals surface area contributed by atoms with Crippen molar-refractivity contribution >= 4 is 23.3 Å². The first-order chi connectivity index (χ1) is 13.6. The number of para-hydroxylation sites is 1. The number of aromatic nitrogens is 2. The van der Waals surface area contributed by atoms with Gasteiger partial charge in [-0.1, -0.05) is 37.3 Å². The number of amides is 2. The number of anilines is 2. The molecule has 2 N–H and O–H groups in total. The Labute approximate surface area is 163 Å². The largest absolute Gasteiger partial charge is 0.321 e. The average molecular weight is 374 g/mol. The molecule has 1 aromatic heterocycles. The lowest BCUT2D eigenvalue weighted by molar-refractivity contribution is -0.117. The molecule has 0 bridgehead atoms. The maximum Gasteiger partial charge on any atom is 0.276 e. The Morgan fingerprint density at radius 1 is 1.04 bits per heavy atom. The van der Waals surface area contributed by atoms with E-state index in [1.165, 1.54) is 5.56 Å². The first-order valence-corrected chi connectivity index (χ1v) is 9.50. The molecular formula is C22H22N4O2. The van der Waals surface area contributed by atoms with Crippen LogP contribution in [0.4, 0.5) is 11.5 Å². The molecule has 0 atom stereocenters. The highest BCUT2D eigenvalue weighted by atomic mass is 16.2.